The molecule has 0 radical (unpaired) electrons. The molecule has 3 aromatic rings. The number of rotatable bonds is 1. The van der Waals surface area contributed by atoms with E-state index in [-0.39, 0.29) is 5.41 Å². The summed E-state index contributed by atoms with van der Waals surface area (Å²) < 4.78 is 7.93. The van der Waals surface area contributed by atoms with Crippen LogP contribution in [0.25, 0.3) is 5.65 Å². The smallest absolute Gasteiger partial charge is 0.229 e. The zero-order valence-corrected chi connectivity index (χ0v) is 20.3. The zero-order valence-electron chi connectivity index (χ0n) is 20.3. The Morgan fingerprint density at radius 1 is 1.03 bits per heavy atom. The Bertz CT molecular complexity index is 1110. The first-order chi connectivity index (χ1) is 16.6. The van der Waals surface area contributed by atoms with Crippen LogP contribution >= 0.6 is 0 Å². The van der Waals surface area contributed by atoms with E-state index in [0.29, 0.717) is 31.0 Å². The predicted molar refractivity (Wildman–Crippen MR) is 133 cm³/mol. The summed E-state index contributed by atoms with van der Waals surface area (Å²) in [6, 6.07) is 1.99. The molecule has 182 valence electrons. The molecule has 9 heteroatoms. The highest BCUT2D eigenvalue weighted by atomic mass is 16.5. The third-order valence-corrected chi connectivity index (χ3v) is 7.22. The van der Waals surface area contributed by atoms with E-state index >= 15 is 0 Å². The Kier molecular flexibility index (Phi) is 6.80. The van der Waals surface area contributed by atoms with Gasteiger partial charge in [0.1, 0.15) is 5.75 Å². The van der Waals surface area contributed by atoms with Crippen molar-refractivity contribution in [3.63, 3.8) is 0 Å². The van der Waals surface area contributed by atoms with Crippen LogP contribution in [0.15, 0.2) is 24.7 Å². The Morgan fingerprint density at radius 2 is 1.91 bits per heavy atom. The maximum atomic E-state index is 6.12. The maximum absolute atomic E-state index is 6.12. The first-order valence-electron chi connectivity index (χ1n) is 12.6. The van der Waals surface area contributed by atoms with Gasteiger partial charge in [-0.05, 0) is 56.2 Å². The first kappa shape index (κ1) is 22.8. The van der Waals surface area contributed by atoms with E-state index in [1.54, 1.807) is 12.4 Å². The summed E-state index contributed by atoms with van der Waals surface area (Å²) in [5, 5.41) is 15.2. The highest BCUT2D eigenvalue weighted by Gasteiger charge is 2.31. The number of nitrogens with one attached hydrogen (secondary N) is 3. The van der Waals surface area contributed by atoms with Gasteiger partial charge in [0, 0.05) is 30.4 Å². The number of anilines is 2. The Balaban J connectivity index is 1.50. The number of hydrogen-bond donors (Lipinski definition) is 3. The number of fused-ring (bicyclic) bond motifs is 5. The fourth-order valence-corrected chi connectivity index (χ4v) is 5.05. The molecular weight excluding hydrogens is 428 g/mol. The zero-order chi connectivity index (χ0) is 23.4. The quantitative estimate of drug-likeness (QED) is 0.497. The number of piperidine rings is 1. The van der Waals surface area contributed by atoms with Crippen molar-refractivity contribution < 1.29 is 4.74 Å². The lowest BCUT2D eigenvalue weighted by atomic mass is 9.75. The monoisotopic (exact) mass is 464 g/mol. The van der Waals surface area contributed by atoms with Gasteiger partial charge in [0.05, 0.1) is 19.0 Å². The lowest BCUT2D eigenvalue weighted by Crippen LogP contribution is -2.41. The number of aromatic nitrogens is 5. The summed E-state index contributed by atoms with van der Waals surface area (Å²) in [5.74, 6) is 2.48. The van der Waals surface area contributed by atoms with Gasteiger partial charge in [0.2, 0.25) is 11.9 Å². The molecule has 0 aliphatic carbocycles. The molecule has 1 spiro atoms. The van der Waals surface area contributed by atoms with Crippen LogP contribution in [-0.4, -0.2) is 50.8 Å². The molecule has 3 aromatic heterocycles. The van der Waals surface area contributed by atoms with Crippen LogP contribution in [0.3, 0.4) is 0 Å². The topological polar surface area (TPSA) is 101 Å². The fourth-order valence-electron chi connectivity index (χ4n) is 5.05. The third kappa shape index (κ3) is 4.94. The Labute approximate surface area is 201 Å². The Hall–Kier alpha value is -2.94. The van der Waals surface area contributed by atoms with E-state index < -0.39 is 0 Å². The van der Waals surface area contributed by atoms with Crippen molar-refractivity contribution in [3.05, 3.63) is 35.8 Å². The molecule has 5 rings (SSSR count). The van der Waals surface area contributed by atoms with E-state index in [2.05, 4.69) is 39.9 Å². The van der Waals surface area contributed by atoms with Crippen molar-refractivity contribution in [2.45, 2.75) is 64.8 Å². The molecule has 2 aliphatic rings. The van der Waals surface area contributed by atoms with Crippen molar-refractivity contribution in [2.75, 3.05) is 36.9 Å². The van der Waals surface area contributed by atoms with Gasteiger partial charge in [-0.1, -0.05) is 26.7 Å². The average molecular weight is 465 g/mol. The van der Waals surface area contributed by atoms with Gasteiger partial charge < -0.3 is 20.7 Å². The molecule has 2 bridgehead atoms. The normalized spacial score (nSPS) is 19.3. The van der Waals surface area contributed by atoms with Crippen molar-refractivity contribution in [2.24, 2.45) is 5.41 Å². The van der Waals surface area contributed by atoms with Gasteiger partial charge in [0.25, 0.3) is 0 Å². The summed E-state index contributed by atoms with van der Waals surface area (Å²) >= 11 is 0. The van der Waals surface area contributed by atoms with Gasteiger partial charge in [-0.3, -0.25) is 4.98 Å². The molecule has 9 nitrogen and oxygen atoms in total. The molecule has 0 amide bonds. The van der Waals surface area contributed by atoms with Crippen molar-refractivity contribution in [1.82, 2.24) is 29.9 Å². The summed E-state index contributed by atoms with van der Waals surface area (Å²) in [4.78, 5) is 14.0. The van der Waals surface area contributed by atoms with Crippen LogP contribution in [0.1, 0.15) is 69.4 Å². The average Bonchev–Trinajstić information content (AvgIpc) is 3.29. The molecule has 0 atom stereocenters. The SMILES string of the molecule is CC(C)c1cnn2c3nc(nc12)NCC1(CCCCCOc2cnccc2CN3)CCNCC1. The van der Waals surface area contributed by atoms with E-state index in [0.717, 1.165) is 48.6 Å². The second-order valence-electron chi connectivity index (χ2n) is 9.96. The molecule has 5 heterocycles. The van der Waals surface area contributed by atoms with Crippen molar-refractivity contribution in [3.8, 4) is 5.75 Å². The standard InChI is InChI=1S/C25H36N8O/c1-18(2)20-15-30-33-22(20)31-23-29-17-25(8-11-26-12-9-25)7-4-3-5-13-34-21-16-27-10-6-19(21)14-28-24(33)32-23/h6,10,15-16,18,26H,3-5,7-9,11-14,17H2,1-2H3,(H2,28,29,31,32). The fraction of sp³-hybridized carbons (Fsp3) is 0.600. The Morgan fingerprint density at radius 3 is 2.76 bits per heavy atom. The highest BCUT2D eigenvalue weighted by Crippen LogP contribution is 2.35. The summed E-state index contributed by atoms with van der Waals surface area (Å²) in [5.41, 5.74) is 3.28. The second kappa shape index (κ2) is 10.1. The van der Waals surface area contributed by atoms with E-state index in [1.165, 1.54) is 32.1 Å². The minimum absolute atomic E-state index is 0.268. The van der Waals surface area contributed by atoms with Gasteiger partial charge in [-0.2, -0.15) is 19.6 Å². The molecule has 0 aromatic carbocycles. The minimum atomic E-state index is 0.268. The number of nitrogens with zero attached hydrogens (tertiary/aromatic N) is 5. The van der Waals surface area contributed by atoms with Gasteiger partial charge in [-0.25, -0.2) is 0 Å². The second-order valence-corrected chi connectivity index (χ2v) is 9.96. The van der Waals surface area contributed by atoms with Crippen LogP contribution < -0.4 is 20.7 Å². The van der Waals surface area contributed by atoms with Crippen LogP contribution in [-0.2, 0) is 6.54 Å². The third-order valence-electron chi connectivity index (χ3n) is 7.22. The van der Waals surface area contributed by atoms with E-state index in [9.17, 15) is 0 Å². The van der Waals surface area contributed by atoms with Crippen molar-refractivity contribution >= 4 is 17.5 Å². The van der Waals surface area contributed by atoms with Crippen LogP contribution in [0, 0.1) is 5.41 Å². The molecule has 0 saturated carbocycles. The molecule has 0 unspecified atom stereocenters. The summed E-state index contributed by atoms with van der Waals surface area (Å²) in [6.07, 6.45) is 12.5. The lowest BCUT2D eigenvalue weighted by molar-refractivity contribution is 0.192. The molecule has 2 aliphatic heterocycles. The molecule has 34 heavy (non-hydrogen) atoms. The van der Waals surface area contributed by atoms with Gasteiger partial charge in [-0.15, -0.1) is 0 Å². The van der Waals surface area contributed by atoms with E-state index in [1.807, 2.05) is 16.8 Å². The largest absolute Gasteiger partial charge is 0.492 e. The van der Waals surface area contributed by atoms with Crippen LogP contribution in [0.4, 0.5) is 11.9 Å². The summed E-state index contributed by atoms with van der Waals surface area (Å²) in [7, 11) is 0. The highest BCUT2D eigenvalue weighted by molar-refractivity contribution is 5.56. The van der Waals surface area contributed by atoms with Crippen molar-refractivity contribution in [1.29, 1.82) is 0 Å². The van der Waals surface area contributed by atoms with Crippen LogP contribution in [0.2, 0.25) is 0 Å². The predicted octanol–water partition coefficient (Wildman–Crippen LogP) is 3.99. The molecule has 1 saturated heterocycles. The van der Waals surface area contributed by atoms with Gasteiger partial charge in [0.15, 0.2) is 5.65 Å². The molecule has 1 fully saturated rings. The number of pyridine rings is 1. The molecular formula is C25H36N8O. The van der Waals surface area contributed by atoms with E-state index in [4.69, 9.17) is 14.7 Å². The lowest BCUT2D eigenvalue weighted by Gasteiger charge is -2.38. The maximum Gasteiger partial charge on any atom is 0.229 e. The van der Waals surface area contributed by atoms with Gasteiger partial charge >= 0.3 is 0 Å². The number of hydrogen-bond acceptors (Lipinski definition) is 8. The van der Waals surface area contributed by atoms with Crippen LogP contribution in [0.5, 0.6) is 5.75 Å². The summed E-state index contributed by atoms with van der Waals surface area (Å²) in [6.45, 7) is 8.65. The first-order valence-corrected chi connectivity index (χ1v) is 12.6. The molecule has 3 N–H and O–H groups in total. The minimum Gasteiger partial charge on any atom is -0.492 e. The number of ether oxygens (including phenoxy) is 1.